The number of nitrogens with zero attached hydrogens (tertiary/aromatic N) is 3. The number of ether oxygens (including phenoxy) is 2. The third kappa shape index (κ3) is 4.71. The topological polar surface area (TPSA) is 109 Å². The molecule has 0 amide bonds. The van der Waals surface area contributed by atoms with Gasteiger partial charge in [-0.25, -0.2) is 18.5 Å². The number of halogens is 4. The van der Waals surface area contributed by atoms with Crippen LogP contribution in [0.2, 0.25) is 5.02 Å². The molecule has 0 bridgehead atoms. The van der Waals surface area contributed by atoms with Crippen molar-refractivity contribution in [1.29, 1.82) is 0 Å². The van der Waals surface area contributed by atoms with Crippen LogP contribution in [0.4, 0.5) is 13.2 Å². The SMILES string of the molecule is COc1nc(-n2cc(S(N)(=O)=O)c3ccc(Cl)cc32)ncc1OCCC(F)(F)F. The number of hydrogen-bond acceptors (Lipinski definition) is 6. The Bertz CT molecular complexity index is 1160. The van der Waals surface area contributed by atoms with Gasteiger partial charge < -0.3 is 9.47 Å². The summed E-state index contributed by atoms with van der Waals surface area (Å²) < 4.78 is 72.1. The lowest BCUT2D eigenvalue weighted by atomic mass is 10.2. The molecule has 0 saturated carbocycles. The molecule has 8 nitrogen and oxygen atoms in total. The molecular formula is C16H14ClF3N4O4S. The number of alkyl halides is 3. The van der Waals surface area contributed by atoms with Gasteiger partial charge in [-0.2, -0.15) is 18.2 Å². The number of hydrogen-bond donors (Lipinski definition) is 1. The Hall–Kier alpha value is -2.57. The molecule has 3 rings (SSSR count). The van der Waals surface area contributed by atoms with Crippen LogP contribution in [0, 0.1) is 0 Å². The molecule has 2 heterocycles. The van der Waals surface area contributed by atoms with Gasteiger partial charge in [0.25, 0.3) is 5.88 Å². The molecule has 0 unspecified atom stereocenters. The molecule has 0 atom stereocenters. The van der Waals surface area contributed by atoms with Crippen molar-refractivity contribution in [1.82, 2.24) is 14.5 Å². The van der Waals surface area contributed by atoms with Gasteiger partial charge >= 0.3 is 6.18 Å². The Kier molecular flexibility index (Phi) is 5.61. The van der Waals surface area contributed by atoms with E-state index < -0.39 is 29.2 Å². The van der Waals surface area contributed by atoms with Gasteiger partial charge in [-0.15, -0.1) is 0 Å². The monoisotopic (exact) mass is 450 g/mol. The van der Waals surface area contributed by atoms with E-state index in [-0.39, 0.29) is 22.5 Å². The van der Waals surface area contributed by atoms with Gasteiger partial charge in [0.15, 0.2) is 5.75 Å². The van der Waals surface area contributed by atoms with Gasteiger partial charge in [0.1, 0.15) is 4.90 Å². The van der Waals surface area contributed by atoms with Crippen molar-refractivity contribution in [2.24, 2.45) is 5.14 Å². The third-order valence-corrected chi connectivity index (χ3v) is 4.97. The number of rotatable bonds is 6. The Morgan fingerprint density at radius 3 is 2.66 bits per heavy atom. The molecular weight excluding hydrogens is 437 g/mol. The van der Waals surface area contributed by atoms with Crippen LogP contribution >= 0.6 is 11.6 Å². The van der Waals surface area contributed by atoms with Crippen LogP contribution < -0.4 is 14.6 Å². The molecule has 29 heavy (non-hydrogen) atoms. The van der Waals surface area contributed by atoms with E-state index in [1.54, 1.807) is 0 Å². The third-order valence-electron chi connectivity index (χ3n) is 3.80. The van der Waals surface area contributed by atoms with Crippen molar-refractivity contribution in [3.63, 3.8) is 0 Å². The van der Waals surface area contributed by atoms with Crippen molar-refractivity contribution in [2.45, 2.75) is 17.5 Å². The Balaban J connectivity index is 2.05. The first-order valence-corrected chi connectivity index (χ1v) is 9.86. The Labute approximate surface area is 168 Å². The molecule has 156 valence electrons. The van der Waals surface area contributed by atoms with E-state index >= 15 is 0 Å². The van der Waals surface area contributed by atoms with Gasteiger partial charge in [0, 0.05) is 16.6 Å². The number of benzene rings is 1. The average Bonchev–Trinajstić information content (AvgIpc) is 3.00. The number of fused-ring (bicyclic) bond motifs is 1. The van der Waals surface area contributed by atoms with Crippen LogP contribution in [-0.2, 0) is 10.0 Å². The molecule has 2 aromatic heterocycles. The van der Waals surface area contributed by atoms with Crippen molar-refractivity contribution < 1.29 is 31.1 Å². The summed E-state index contributed by atoms with van der Waals surface area (Å²) in [7, 11) is -2.81. The lowest BCUT2D eigenvalue weighted by molar-refractivity contribution is -0.139. The molecule has 0 spiro atoms. The molecule has 13 heteroatoms. The van der Waals surface area contributed by atoms with Gasteiger partial charge in [0.05, 0.1) is 31.9 Å². The first-order chi connectivity index (χ1) is 13.5. The smallest absolute Gasteiger partial charge is 0.392 e. The summed E-state index contributed by atoms with van der Waals surface area (Å²) in [5, 5.41) is 5.90. The van der Waals surface area contributed by atoms with Crippen LogP contribution in [-0.4, -0.2) is 42.8 Å². The number of nitrogens with two attached hydrogens (primary N) is 1. The molecule has 0 fully saturated rings. The highest BCUT2D eigenvalue weighted by Crippen LogP contribution is 2.31. The second-order valence-electron chi connectivity index (χ2n) is 5.83. The molecule has 3 aromatic rings. The number of methoxy groups -OCH3 is 1. The Morgan fingerprint density at radius 1 is 1.31 bits per heavy atom. The standard InChI is InChI=1S/C16H14ClF3N4O4S/c1-27-14-12(28-5-4-16(18,19)20)7-22-15(23-14)24-8-13(29(21,25)26)10-3-2-9(17)6-11(10)24/h2-3,6-8H,4-5H2,1H3,(H2,21,25,26). The first kappa shape index (κ1) is 21.1. The average molecular weight is 451 g/mol. The van der Waals surface area contributed by atoms with E-state index in [2.05, 4.69) is 9.97 Å². The first-order valence-electron chi connectivity index (χ1n) is 7.94. The number of aromatic nitrogens is 3. The van der Waals surface area contributed by atoms with Gasteiger partial charge in [-0.1, -0.05) is 11.6 Å². The normalized spacial score (nSPS) is 12.3. The minimum atomic E-state index is -4.37. The number of primary sulfonamides is 1. The second kappa shape index (κ2) is 7.69. The lowest BCUT2D eigenvalue weighted by Gasteiger charge is -2.12. The molecule has 0 aliphatic rings. The van der Waals surface area contributed by atoms with Crippen molar-refractivity contribution in [2.75, 3.05) is 13.7 Å². The van der Waals surface area contributed by atoms with E-state index in [0.29, 0.717) is 15.9 Å². The molecule has 0 aliphatic heterocycles. The maximum atomic E-state index is 12.3. The number of sulfonamides is 1. The van der Waals surface area contributed by atoms with Crippen LogP contribution in [0.5, 0.6) is 11.6 Å². The summed E-state index contributed by atoms with van der Waals surface area (Å²) in [5.74, 6) is -0.243. The van der Waals surface area contributed by atoms with E-state index in [9.17, 15) is 21.6 Å². The van der Waals surface area contributed by atoms with E-state index in [0.717, 1.165) is 6.20 Å². The fourth-order valence-electron chi connectivity index (χ4n) is 2.55. The summed E-state index contributed by atoms with van der Waals surface area (Å²) in [6.45, 7) is -0.639. The van der Waals surface area contributed by atoms with Crippen molar-refractivity contribution >= 4 is 32.5 Å². The maximum Gasteiger partial charge on any atom is 0.392 e. The van der Waals surface area contributed by atoms with Crippen molar-refractivity contribution in [3.05, 3.63) is 35.6 Å². The van der Waals surface area contributed by atoms with Gasteiger partial charge in [0.2, 0.25) is 16.0 Å². The summed E-state index contributed by atoms with van der Waals surface area (Å²) in [4.78, 5) is 7.96. The van der Waals surface area contributed by atoms with E-state index in [1.165, 1.54) is 36.1 Å². The summed E-state index contributed by atoms with van der Waals surface area (Å²) >= 11 is 6.01. The van der Waals surface area contributed by atoms with Crippen LogP contribution in [0.25, 0.3) is 16.9 Å². The molecule has 2 N–H and O–H groups in total. The van der Waals surface area contributed by atoms with Gasteiger partial charge in [-0.3, -0.25) is 4.57 Å². The lowest BCUT2D eigenvalue weighted by Crippen LogP contribution is -2.14. The predicted molar refractivity (Wildman–Crippen MR) is 98.0 cm³/mol. The second-order valence-corrected chi connectivity index (χ2v) is 7.79. The summed E-state index contributed by atoms with van der Waals surface area (Å²) in [6.07, 6.45) is -3.18. The molecule has 0 radical (unpaired) electrons. The zero-order valence-electron chi connectivity index (χ0n) is 14.8. The highest BCUT2D eigenvalue weighted by molar-refractivity contribution is 7.89. The fourth-order valence-corrected chi connectivity index (χ4v) is 3.44. The highest BCUT2D eigenvalue weighted by Gasteiger charge is 2.27. The zero-order chi connectivity index (χ0) is 21.4. The quantitative estimate of drug-likeness (QED) is 0.618. The zero-order valence-corrected chi connectivity index (χ0v) is 16.3. The van der Waals surface area contributed by atoms with Crippen molar-refractivity contribution in [3.8, 4) is 17.6 Å². The van der Waals surface area contributed by atoms with E-state index in [4.69, 9.17) is 26.2 Å². The predicted octanol–water partition coefficient (Wildman–Crippen LogP) is 3.06. The largest absolute Gasteiger partial charge is 0.486 e. The van der Waals surface area contributed by atoms with Crippen LogP contribution in [0.15, 0.2) is 35.5 Å². The Morgan fingerprint density at radius 2 is 2.03 bits per heavy atom. The molecule has 0 saturated heterocycles. The van der Waals surface area contributed by atoms with Gasteiger partial charge in [-0.05, 0) is 18.2 Å². The van der Waals surface area contributed by atoms with Crippen LogP contribution in [0.3, 0.4) is 0 Å². The highest BCUT2D eigenvalue weighted by atomic mass is 35.5. The maximum absolute atomic E-state index is 12.3. The summed E-state index contributed by atoms with van der Waals surface area (Å²) in [5.41, 5.74) is 0.356. The molecule has 0 aliphatic carbocycles. The minimum Gasteiger partial charge on any atom is -0.486 e. The molecule has 1 aromatic carbocycles. The van der Waals surface area contributed by atoms with Crippen LogP contribution in [0.1, 0.15) is 6.42 Å². The fraction of sp³-hybridized carbons (Fsp3) is 0.250. The van der Waals surface area contributed by atoms with E-state index in [1.807, 2.05) is 0 Å². The summed E-state index contributed by atoms with van der Waals surface area (Å²) in [6, 6.07) is 4.48. The minimum absolute atomic E-state index is 0.0211.